The highest BCUT2D eigenvalue weighted by molar-refractivity contribution is 7.88. The number of halogens is 1. The van der Waals surface area contributed by atoms with E-state index in [1.807, 2.05) is 6.92 Å². The smallest absolute Gasteiger partial charge is 0.287 e. The molecule has 0 aliphatic carbocycles. The number of nitrogens with one attached hydrogen (secondary N) is 1. The van der Waals surface area contributed by atoms with Gasteiger partial charge in [0, 0.05) is 26.2 Å². The van der Waals surface area contributed by atoms with E-state index in [0.717, 1.165) is 0 Å². The Morgan fingerprint density at radius 2 is 2.10 bits per heavy atom. The molecular formula is C12H21ClN4O3S. The Morgan fingerprint density at radius 1 is 1.43 bits per heavy atom. The van der Waals surface area contributed by atoms with Gasteiger partial charge in [0.15, 0.2) is 0 Å². The second-order valence-electron chi connectivity index (χ2n) is 4.53. The van der Waals surface area contributed by atoms with E-state index in [-0.39, 0.29) is 10.6 Å². The summed E-state index contributed by atoms with van der Waals surface area (Å²) in [6.45, 7) is 5.41. The van der Waals surface area contributed by atoms with Gasteiger partial charge in [0.1, 0.15) is 5.02 Å². The molecule has 9 heteroatoms. The van der Waals surface area contributed by atoms with Crippen LogP contribution in [0.25, 0.3) is 0 Å². The van der Waals surface area contributed by atoms with Crippen LogP contribution in [0.3, 0.4) is 0 Å². The van der Waals surface area contributed by atoms with Crippen LogP contribution < -0.4 is 10.9 Å². The molecule has 1 aromatic heterocycles. The Kier molecular flexibility index (Phi) is 6.63. The minimum Gasteiger partial charge on any atom is -0.382 e. The maximum absolute atomic E-state index is 11.8. The third-order valence-electron chi connectivity index (χ3n) is 3.01. The largest absolute Gasteiger partial charge is 0.382 e. The highest BCUT2D eigenvalue weighted by Gasteiger charge is 2.13. The number of aryl methyl sites for hydroxylation is 1. The van der Waals surface area contributed by atoms with Gasteiger partial charge in [0.25, 0.3) is 5.56 Å². The number of aromatic nitrogens is 2. The molecule has 0 aromatic carbocycles. The van der Waals surface area contributed by atoms with Crippen molar-refractivity contribution in [1.29, 1.82) is 0 Å². The van der Waals surface area contributed by atoms with Gasteiger partial charge in [-0.1, -0.05) is 18.5 Å². The van der Waals surface area contributed by atoms with Gasteiger partial charge in [0.2, 0.25) is 10.0 Å². The first-order chi connectivity index (χ1) is 9.81. The summed E-state index contributed by atoms with van der Waals surface area (Å²) in [6, 6.07) is 0. The van der Waals surface area contributed by atoms with E-state index < -0.39 is 10.0 Å². The fourth-order valence-corrected chi connectivity index (χ4v) is 2.99. The summed E-state index contributed by atoms with van der Waals surface area (Å²) in [5.41, 5.74) is 0.129. The predicted octanol–water partition coefficient (Wildman–Crippen LogP) is 1.00. The lowest BCUT2D eigenvalue weighted by Gasteiger charge is -2.18. The van der Waals surface area contributed by atoms with E-state index >= 15 is 0 Å². The van der Waals surface area contributed by atoms with Gasteiger partial charge >= 0.3 is 0 Å². The highest BCUT2D eigenvalue weighted by atomic mass is 35.5. The van der Waals surface area contributed by atoms with E-state index in [2.05, 4.69) is 10.4 Å². The summed E-state index contributed by atoms with van der Waals surface area (Å²) in [5, 5.41) is 7.08. The van der Waals surface area contributed by atoms with Crippen molar-refractivity contribution in [2.75, 3.05) is 31.2 Å². The van der Waals surface area contributed by atoms with Gasteiger partial charge in [0.05, 0.1) is 18.1 Å². The normalized spacial score (nSPS) is 11.9. The summed E-state index contributed by atoms with van der Waals surface area (Å²) >= 11 is 5.98. The first-order valence-electron chi connectivity index (χ1n) is 6.75. The molecule has 0 amide bonds. The number of sulfonamides is 1. The zero-order valence-electron chi connectivity index (χ0n) is 12.5. The Labute approximate surface area is 130 Å². The summed E-state index contributed by atoms with van der Waals surface area (Å²) in [4.78, 5) is 11.8. The zero-order valence-corrected chi connectivity index (χ0v) is 14.0. The minimum absolute atomic E-state index is 0.0994. The van der Waals surface area contributed by atoms with Crippen LogP contribution in [-0.2, 0) is 16.6 Å². The Morgan fingerprint density at radius 3 is 2.62 bits per heavy atom. The average molecular weight is 337 g/mol. The van der Waals surface area contributed by atoms with Crippen LogP contribution in [0.4, 0.5) is 5.69 Å². The molecule has 0 aliphatic rings. The zero-order chi connectivity index (χ0) is 16.0. The lowest BCUT2D eigenvalue weighted by atomic mass is 10.4. The molecule has 1 rings (SSSR count). The van der Waals surface area contributed by atoms with E-state index in [1.54, 1.807) is 6.92 Å². The number of nitrogens with zero attached hydrogens (tertiary/aromatic N) is 3. The van der Waals surface area contributed by atoms with Crippen LogP contribution in [0.15, 0.2) is 11.0 Å². The van der Waals surface area contributed by atoms with Crippen LogP contribution in [0.2, 0.25) is 5.02 Å². The summed E-state index contributed by atoms with van der Waals surface area (Å²) in [5.74, 6) is 0. The molecule has 0 aliphatic heterocycles. The first kappa shape index (κ1) is 17.9. The first-order valence-corrected chi connectivity index (χ1v) is 8.98. The molecule has 0 spiro atoms. The summed E-state index contributed by atoms with van der Waals surface area (Å²) in [6.07, 6.45) is 3.30. The molecule has 0 saturated heterocycles. The molecule has 1 heterocycles. The molecule has 0 fully saturated rings. The van der Waals surface area contributed by atoms with Crippen LogP contribution in [0.5, 0.6) is 0 Å². The van der Waals surface area contributed by atoms with Crippen LogP contribution in [-0.4, -0.2) is 48.4 Å². The van der Waals surface area contributed by atoms with Gasteiger partial charge in [-0.25, -0.2) is 17.4 Å². The van der Waals surface area contributed by atoms with Crippen molar-refractivity contribution in [3.8, 4) is 0 Å². The SMILES string of the molecule is CCN(CCCNc1cnn(CC)c(=O)c1Cl)S(C)(=O)=O. The molecule has 0 unspecified atom stereocenters. The van der Waals surface area contributed by atoms with Gasteiger partial charge in [-0.05, 0) is 13.3 Å². The highest BCUT2D eigenvalue weighted by Crippen LogP contribution is 2.15. The fraction of sp³-hybridized carbons (Fsp3) is 0.667. The third-order valence-corrected chi connectivity index (χ3v) is 4.75. The number of anilines is 1. The van der Waals surface area contributed by atoms with Crippen molar-refractivity contribution < 1.29 is 8.42 Å². The van der Waals surface area contributed by atoms with E-state index in [4.69, 9.17) is 11.6 Å². The van der Waals surface area contributed by atoms with Crippen molar-refractivity contribution in [2.24, 2.45) is 0 Å². The van der Waals surface area contributed by atoms with Gasteiger partial charge < -0.3 is 5.32 Å². The van der Waals surface area contributed by atoms with Crippen LogP contribution in [0, 0.1) is 0 Å². The number of rotatable bonds is 8. The predicted molar refractivity (Wildman–Crippen MR) is 84.4 cm³/mol. The van der Waals surface area contributed by atoms with Crippen molar-refractivity contribution >= 4 is 27.3 Å². The molecule has 1 aromatic rings. The Hall–Kier alpha value is -1.12. The molecule has 21 heavy (non-hydrogen) atoms. The van der Waals surface area contributed by atoms with Crippen LogP contribution in [0.1, 0.15) is 20.3 Å². The van der Waals surface area contributed by atoms with Gasteiger partial charge in [-0.3, -0.25) is 4.79 Å². The monoisotopic (exact) mass is 336 g/mol. The second kappa shape index (κ2) is 7.77. The molecule has 0 atom stereocenters. The van der Waals surface area contributed by atoms with Crippen molar-refractivity contribution in [3.05, 3.63) is 21.6 Å². The minimum atomic E-state index is -3.17. The van der Waals surface area contributed by atoms with E-state index in [1.165, 1.54) is 21.4 Å². The molecule has 120 valence electrons. The maximum Gasteiger partial charge on any atom is 0.287 e. The maximum atomic E-state index is 11.8. The van der Waals surface area contributed by atoms with Gasteiger partial charge in [-0.2, -0.15) is 5.10 Å². The average Bonchev–Trinajstić information content (AvgIpc) is 2.42. The Balaban J connectivity index is 2.58. The van der Waals surface area contributed by atoms with E-state index in [9.17, 15) is 13.2 Å². The molecular weight excluding hydrogens is 316 g/mol. The van der Waals surface area contributed by atoms with Crippen molar-refractivity contribution in [3.63, 3.8) is 0 Å². The molecule has 7 nitrogen and oxygen atoms in total. The number of hydrogen-bond donors (Lipinski definition) is 1. The molecule has 0 bridgehead atoms. The molecule has 0 saturated carbocycles. The van der Waals surface area contributed by atoms with Gasteiger partial charge in [-0.15, -0.1) is 0 Å². The van der Waals surface area contributed by atoms with Crippen molar-refractivity contribution in [2.45, 2.75) is 26.8 Å². The topological polar surface area (TPSA) is 84.3 Å². The quantitative estimate of drug-likeness (QED) is 0.716. The van der Waals surface area contributed by atoms with E-state index in [0.29, 0.717) is 38.3 Å². The fourth-order valence-electron chi connectivity index (χ4n) is 1.85. The third kappa shape index (κ3) is 4.98. The van der Waals surface area contributed by atoms with Crippen molar-refractivity contribution in [1.82, 2.24) is 14.1 Å². The standard InChI is InChI=1S/C12H21ClN4O3S/c1-4-16(21(3,19)20)8-6-7-14-10-9-15-17(5-2)12(18)11(10)13/h9,14H,4-8H2,1-3H3. The molecule has 0 radical (unpaired) electrons. The summed E-state index contributed by atoms with van der Waals surface area (Å²) in [7, 11) is -3.17. The number of hydrogen-bond acceptors (Lipinski definition) is 5. The Bertz CT molecular complexity index is 630. The van der Waals surface area contributed by atoms with Crippen LogP contribution >= 0.6 is 11.6 Å². The lowest BCUT2D eigenvalue weighted by molar-refractivity contribution is 0.428. The second-order valence-corrected chi connectivity index (χ2v) is 6.89. The summed E-state index contributed by atoms with van der Waals surface area (Å²) < 4.78 is 25.5. The molecule has 1 N–H and O–H groups in total. The lowest BCUT2D eigenvalue weighted by Crippen LogP contribution is -2.31.